The molecule has 4 nitrogen and oxygen atoms in total. The maximum Gasteiger partial charge on any atom is 0.185 e. The molecule has 0 unspecified atom stereocenters. The van der Waals surface area contributed by atoms with Gasteiger partial charge in [-0.05, 0) is 17.3 Å². The molecule has 2 aromatic heterocycles. The lowest BCUT2D eigenvalue weighted by Crippen LogP contribution is -1.90. The lowest BCUT2D eigenvalue weighted by molar-refractivity contribution is 0.887. The van der Waals surface area contributed by atoms with Crippen molar-refractivity contribution in [1.82, 2.24) is 20.4 Å². The Bertz CT molecular complexity index is 501. The number of hydrogen-bond donors (Lipinski definition) is 0. The van der Waals surface area contributed by atoms with Crippen LogP contribution in [0.3, 0.4) is 0 Å². The standard InChI is InChI=1S/C10H6N4/c1-2-4-9-7(3-1)5-8-6-11-14-13-10(8)12-9/h1-6H. The molecule has 66 valence electrons. The largest absolute Gasteiger partial charge is 0.226 e. The number of fused-ring (bicyclic) bond motifs is 2. The highest BCUT2D eigenvalue weighted by Crippen LogP contribution is 2.15. The molecule has 0 atom stereocenters. The molecular formula is C10H6N4. The average Bonchev–Trinajstić information content (AvgIpc) is 2.26. The van der Waals surface area contributed by atoms with Gasteiger partial charge in [-0.3, -0.25) is 0 Å². The van der Waals surface area contributed by atoms with Crippen molar-refractivity contribution in [1.29, 1.82) is 0 Å². The van der Waals surface area contributed by atoms with Gasteiger partial charge >= 0.3 is 0 Å². The van der Waals surface area contributed by atoms with Crippen molar-refractivity contribution in [3.05, 3.63) is 36.5 Å². The molecule has 0 saturated heterocycles. The predicted molar refractivity (Wildman–Crippen MR) is 52.6 cm³/mol. The Morgan fingerprint density at radius 1 is 1.00 bits per heavy atom. The number of rotatable bonds is 0. The highest BCUT2D eigenvalue weighted by atomic mass is 15.3. The summed E-state index contributed by atoms with van der Waals surface area (Å²) in [6.45, 7) is 0. The molecule has 0 N–H and O–H groups in total. The molecule has 0 saturated carbocycles. The van der Waals surface area contributed by atoms with Crippen LogP contribution in [0.2, 0.25) is 0 Å². The van der Waals surface area contributed by atoms with Crippen molar-refractivity contribution in [2.75, 3.05) is 0 Å². The average molecular weight is 182 g/mol. The zero-order chi connectivity index (χ0) is 9.38. The Kier molecular flexibility index (Phi) is 1.41. The van der Waals surface area contributed by atoms with Gasteiger partial charge in [0.1, 0.15) is 0 Å². The van der Waals surface area contributed by atoms with Gasteiger partial charge in [0.25, 0.3) is 0 Å². The minimum atomic E-state index is 0.638. The van der Waals surface area contributed by atoms with Crippen molar-refractivity contribution < 1.29 is 0 Å². The van der Waals surface area contributed by atoms with E-state index in [2.05, 4.69) is 20.4 Å². The maximum atomic E-state index is 4.36. The number of aromatic nitrogens is 4. The summed E-state index contributed by atoms with van der Waals surface area (Å²) in [6.07, 6.45) is 1.67. The second-order valence-electron chi connectivity index (χ2n) is 3.03. The Morgan fingerprint density at radius 3 is 2.93 bits per heavy atom. The molecule has 0 aliphatic carbocycles. The molecular weight excluding hydrogens is 176 g/mol. The molecule has 0 bridgehead atoms. The second-order valence-corrected chi connectivity index (χ2v) is 3.03. The lowest BCUT2D eigenvalue weighted by atomic mass is 10.2. The van der Waals surface area contributed by atoms with Crippen LogP contribution in [-0.4, -0.2) is 20.4 Å². The molecule has 0 radical (unpaired) electrons. The first-order valence-electron chi connectivity index (χ1n) is 4.27. The molecule has 0 aliphatic rings. The summed E-state index contributed by atoms with van der Waals surface area (Å²) in [6, 6.07) is 9.92. The Balaban J connectivity index is 2.52. The summed E-state index contributed by atoms with van der Waals surface area (Å²) in [7, 11) is 0. The fraction of sp³-hybridized carbons (Fsp3) is 0. The molecule has 0 fully saturated rings. The second kappa shape index (κ2) is 2.70. The summed E-state index contributed by atoms with van der Waals surface area (Å²) in [5.74, 6) is 0. The summed E-state index contributed by atoms with van der Waals surface area (Å²) >= 11 is 0. The highest BCUT2D eigenvalue weighted by Gasteiger charge is 1.99. The van der Waals surface area contributed by atoms with Crippen LogP contribution >= 0.6 is 0 Å². The summed E-state index contributed by atoms with van der Waals surface area (Å²) in [4.78, 5) is 4.36. The number of pyridine rings is 1. The molecule has 3 aromatic rings. The van der Waals surface area contributed by atoms with E-state index >= 15 is 0 Å². The van der Waals surface area contributed by atoms with Gasteiger partial charge in [-0.2, -0.15) is 0 Å². The van der Waals surface area contributed by atoms with E-state index in [4.69, 9.17) is 0 Å². The zero-order valence-corrected chi connectivity index (χ0v) is 7.25. The third-order valence-corrected chi connectivity index (χ3v) is 2.12. The van der Waals surface area contributed by atoms with Gasteiger partial charge in [-0.1, -0.05) is 18.2 Å². The van der Waals surface area contributed by atoms with Crippen molar-refractivity contribution in [3.8, 4) is 0 Å². The fourth-order valence-corrected chi connectivity index (χ4v) is 1.45. The molecule has 0 amide bonds. The topological polar surface area (TPSA) is 51.6 Å². The first kappa shape index (κ1) is 7.32. The Labute approximate surface area is 79.6 Å². The Morgan fingerprint density at radius 2 is 1.93 bits per heavy atom. The van der Waals surface area contributed by atoms with Crippen molar-refractivity contribution in [2.45, 2.75) is 0 Å². The molecule has 4 heteroatoms. The summed E-state index contributed by atoms with van der Waals surface area (Å²) in [5.41, 5.74) is 1.57. The first-order chi connectivity index (χ1) is 6.93. The van der Waals surface area contributed by atoms with Gasteiger partial charge in [-0.15, -0.1) is 10.2 Å². The van der Waals surface area contributed by atoms with E-state index in [9.17, 15) is 0 Å². The van der Waals surface area contributed by atoms with Crippen molar-refractivity contribution in [3.63, 3.8) is 0 Å². The Hall–Kier alpha value is -2.10. The smallest absolute Gasteiger partial charge is 0.185 e. The van der Waals surface area contributed by atoms with Crippen LogP contribution in [0.4, 0.5) is 0 Å². The van der Waals surface area contributed by atoms with Crippen LogP contribution < -0.4 is 0 Å². The molecule has 1 aromatic carbocycles. The van der Waals surface area contributed by atoms with Gasteiger partial charge < -0.3 is 0 Å². The van der Waals surface area contributed by atoms with Crippen LogP contribution in [-0.2, 0) is 0 Å². The monoisotopic (exact) mass is 182 g/mol. The summed E-state index contributed by atoms with van der Waals surface area (Å²) < 4.78 is 0. The number of nitrogens with zero attached hydrogens (tertiary/aromatic N) is 4. The first-order valence-corrected chi connectivity index (χ1v) is 4.27. The van der Waals surface area contributed by atoms with E-state index in [0.717, 1.165) is 16.3 Å². The highest BCUT2D eigenvalue weighted by molar-refractivity contribution is 5.90. The van der Waals surface area contributed by atoms with Crippen LogP contribution in [0.1, 0.15) is 0 Å². The SMILES string of the molecule is c1ccc2nc3nnncc3cc2c1. The van der Waals surface area contributed by atoms with Crippen LogP contribution in [0.5, 0.6) is 0 Å². The quantitative estimate of drug-likeness (QED) is 0.495. The van der Waals surface area contributed by atoms with Crippen LogP contribution in [0.25, 0.3) is 21.9 Å². The molecule has 0 aliphatic heterocycles. The fourth-order valence-electron chi connectivity index (χ4n) is 1.45. The van der Waals surface area contributed by atoms with Gasteiger partial charge in [0.2, 0.25) is 0 Å². The zero-order valence-electron chi connectivity index (χ0n) is 7.25. The maximum absolute atomic E-state index is 4.36. The normalized spacial score (nSPS) is 10.9. The van der Waals surface area contributed by atoms with Crippen LogP contribution in [0.15, 0.2) is 36.5 Å². The third-order valence-electron chi connectivity index (χ3n) is 2.12. The molecule has 14 heavy (non-hydrogen) atoms. The van der Waals surface area contributed by atoms with E-state index < -0.39 is 0 Å². The minimum absolute atomic E-state index is 0.638. The number of para-hydroxylation sites is 1. The van der Waals surface area contributed by atoms with Gasteiger partial charge in [0.05, 0.1) is 11.7 Å². The molecule has 3 rings (SSSR count). The van der Waals surface area contributed by atoms with E-state index in [-0.39, 0.29) is 0 Å². The van der Waals surface area contributed by atoms with Crippen molar-refractivity contribution in [2.24, 2.45) is 0 Å². The molecule has 2 heterocycles. The molecule has 0 spiro atoms. The van der Waals surface area contributed by atoms with Gasteiger partial charge in [-0.25, -0.2) is 4.98 Å². The van der Waals surface area contributed by atoms with Crippen LogP contribution in [0, 0.1) is 0 Å². The van der Waals surface area contributed by atoms with E-state index in [0.29, 0.717) is 5.65 Å². The van der Waals surface area contributed by atoms with Gasteiger partial charge in [0, 0.05) is 10.8 Å². The number of hydrogen-bond acceptors (Lipinski definition) is 4. The predicted octanol–water partition coefficient (Wildman–Crippen LogP) is 1.57. The van der Waals surface area contributed by atoms with Gasteiger partial charge in [0.15, 0.2) is 5.65 Å². The lowest BCUT2D eigenvalue weighted by Gasteiger charge is -1.97. The minimum Gasteiger partial charge on any atom is -0.226 e. The number of benzene rings is 1. The van der Waals surface area contributed by atoms with E-state index in [1.807, 2.05) is 30.3 Å². The third kappa shape index (κ3) is 1.01. The van der Waals surface area contributed by atoms with Crippen molar-refractivity contribution >= 4 is 21.9 Å². The van der Waals surface area contributed by atoms with E-state index in [1.165, 1.54) is 0 Å². The van der Waals surface area contributed by atoms with E-state index in [1.54, 1.807) is 6.20 Å². The summed E-state index contributed by atoms with van der Waals surface area (Å²) in [5, 5.41) is 13.1.